The number of hydrogen-bond donors (Lipinski definition) is 2. The topological polar surface area (TPSA) is 84.5 Å². The molecule has 0 radical (unpaired) electrons. The average molecular weight is 314 g/mol. The van der Waals surface area contributed by atoms with Gasteiger partial charge in [-0.1, -0.05) is 13.3 Å². The SMILES string of the molecule is CCCCNC(=O)[C@@H](C)NS(=O)(=O)c1ccc(OC)cc1. The number of rotatable bonds is 8. The number of sulfonamides is 1. The average Bonchev–Trinajstić information content (AvgIpc) is 2.47. The van der Waals surface area contributed by atoms with Crippen molar-refractivity contribution in [2.24, 2.45) is 0 Å². The number of benzene rings is 1. The molecule has 0 saturated carbocycles. The van der Waals surface area contributed by atoms with E-state index in [-0.39, 0.29) is 10.8 Å². The van der Waals surface area contributed by atoms with E-state index in [0.717, 1.165) is 12.8 Å². The zero-order valence-electron chi connectivity index (χ0n) is 12.5. The second-order valence-corrected chi connectivity index (χ2v) is 6.38. The molecule has 0 aliphatic rings. The molecule has 0 unspecified atom stereocenters. The summed E-state index contributed by atoms with van der Waals surface area (Å²) >= 11 is 0. The largest absolute Gasteiger partial charge is 0.497 e. The zero-order chi connectivity index (χ0) is 15.9. The molecule has 1 atom stereocenters. The van der Waals surface area contributed by atoms with Crippen molar-refractivity contribution in [2.45, 2.75) is 37.6 Å². The molecule has 118 valence electrons. The van der Waals surface area contributed by atoms with Gasteiger partial charge in [0.05, 0.1) is 18.0 Å². The first-order valence-corrected chi connectivity index (χ1v) is 8.33. The Labute approximate surface area is 125 Å². The van der Waals surface area contributed by atoms with Gasteiger partial charge in [-0.05, 0) is 37.6 Å². The molecule has 0 bridgehead atoms. The first kappa shape index (κ1) is 17.5. The highest BCUT2D eigenvalue weighted by Crippen LogP contribution is 2.15. The van der Waals surface area contributed by atoms with Crippen molar-refractivity contribution in [3.63, 3.8) is 0 Å². The van der Waals surface area contributed by atoms with Crippen LogP contribution >= 0.6 is 0 Å². The van der Waals surface area contributed by atoms with Crippen LogP contribution in [0, 0.1) is 0 Å². The smallest absolute Gasteiger partial charge is 0.241 e. The molecule has 7 heteroatoms. The highest BCUT2D eigenvalue weighted by Gasteiger charge is 2.21. The van der Waals surface area contributed by atoms with Crippen molar-refractivity contribution in [1.29, 1.82) is 0 Å². The molecule has 0 aliphatic carbocycles. The maximum Gasteiger partial charge on any atom is 0.241 e. The van der Waals surface area contributed by atoms with Crippen molar-refractivity contribution in [2.75, 3.05) is 13.7 Å². The summed E-state index contributed by atoms with van der Waals surface area (Å²) in [5.74, 6) is 0.236. The molecule has 1 rings (SSSR count). The van der Waals surface area contributed by atoms with Crippen LogP contribution in [0.25, 0.3) is 0 Å². The Hall–Kier alpha value is -1.60. The first-order chi connectivity index (χ1) is 9.90. The summed E-state index contributed by atoms with van der Waals surface area (Å²) in [6.45, 7) is 4.08. The summed E-state index contributed by atoms with van der Waals surface area (Å²) in [6.07, 6.45) is 1.83. The highest BCUT2D eigenvalue weighted by molar-refractivity contribution is 7.89. The maximum atomic E-state index is 12.1. The van der Waals surface area contributed by atoms with Gasteiger partial charge in [-0.25, -0.2) is 8.42 Å². The number of ether oxygens (including phenoxy) is 1. The normalized spacial score (nSPS) is 12.7. The molecule has 1 aromatic carbocycles. The van der Waals surface area contributed by atoms with Gasteiger partial charge in [-0.15, -0.1) is 0 Å². The lowest BCUT2D eigenvalue weighted by molar-refractivity contribution is -0.122. The van der Waals surface area contributed by atoms with E-state index in [1.54, 1.807) is 12.1 Å². The number of hydrogen-bond acceptors (Lipinski definition) is 4. The predicted octanol–water partition coefficient (Wildman–Crippen LogP) is 1.28. The van der Waals surface area contributed by atoms with Gasteiger partial charge in [0, 0.05) is 6.54 Å². The molecular formula is C14H22N2O4S. The fourth-order valence-corrected chi connectivity index (χ4v) is 2.85. The maximum absolute atomic E-state index is 12.1. The van der Waals surface area contributed by atoms with E-state index in [4.69, 9.17) is 4.74 Å². The molecule has 1 amide bonds. The van der Waals surface area contributed by atoms with Gasteiger partial charge in [-0.3, -0.25) is 4.79 Å². The molecule has 2 N–H and O–H groups in total. The summed E-state index contributed by atoms with van der Waals surface area (Å²) < 4.78 is 31.6. The number of amides is 1. The number of nitrogens with one attached hydrogen (secondary N) is 2. The Morgan fingerprint density at radius 2 is 1.90 bits per heavy atom. The molecule has 0 heterocycles. The van der Waals surface area contributed by atoms with E-state index in [9.17, 15) is 13.2 Å². The monoisotopic (exact) mass is 314 g/mol. The molecule has 0 fully saturated rings. The van der Waals surface area contributed by atoms with E-state index in [2.05, 4.69) is 10.0 Å². The Kier molecular flexibility index (Phi) is 6.64. The van der Waals surface area contributed by atoms with Crippen molar-refractivity contribution in [3.05, 3.63) is 24.3 Å². The van der Waals surface area contributed by atoms with Crippen molar-refractivity contribution in [1.82, 2.24) is 10.0 Å². The van der Waals surface area contributed by atoms with E-state index < -0.39 is 16.1 Å². The van der Waals surface area contributed by atoms with Gasteiger partial charge in [0.1, 0.15) is 5.75 Å². The van der Waals surface area contributed by atoms with Crippen LogP contribution < -0.4 is 14.8 Å². The number of unbranched alkanes of at least 4 members (excludes halogenated alkanes) is 1. The van der Waals surface area contributed by atoms with Crippen LogP contribution in [0.5, 0.6) is 5.75 Å². The summed E-state index contributed by atoms with van der Waals surface area (Å²) in [4.78, 5) is 11.9. The lowest BCUT2D eigenvalue weighted by atomic mass is 10.3. The minimum absolute atomic E-state index is 0.0940. The van der Waals surface area contributed by atoms with Crippen molar-refractivity contribution >= 4 is 15.9 Å². The van der Waals surface area contributed by atoms with Crippen LogP contribution in [-0.4, -0.2) is 34.0 Å². The van der Waals surface area contributed by atoms with Crippen LogP contribution in [0.2, 0.25) is 0 Å². The summed E-state index contributed by atoms with van der Waals surface area (Å²) in [6, 6.07) is 5.15. The Balaban J connectivity index is 2.68. The third-order valence-corrected chi connectivity index (χ3v) is 4.48. The highest BCUT2D eigenvalue weighted by atomic mass is 32.2. The number of carbonyl (C=O) groups excluding carboxylic acids is 1. The fraction of sp³-hybridized carbons (Fsp3) is 0.500. The van der Waals surface area contributed by atoms with Crippen molar-refractivity contribution in [3.8, 4) is 5.75 Å². The van der Waals surface area contributed by atoms with Crippen LogP contribution in [-0.2, 0) is 14.8 Å². The standard InChI is InChI=1S/C14H22N2O4S/c1-4-5-10-15-14(17)11(2)16-21(18,19)13-8-6-12(20-3)7-9-13/h6-9,11,16H,4-5,10H2,1-3H3,(H,15,17)/t11-/m1/s1. The van der Waals surface area contributed by atoms with E-state index >= 15 is 0 Å². The lowest BCUT2D eigenvalue weighted by Crippen LogP contribution is -2.44. The third-order valence-electron chi connectivity index (χ3n) is 2.92. The summed E-state index contributed by atoms with van der Waals surface area (Å²) in [5.41, 5.74) is 0. The van der Waals surface area contributed by atoms with E-state index in [1.165, 1.54) is 26.2 Å². The van der Waals surface area contributed by atoms with E-state index in [1.807, 2.05) is 6.92 Å². The third kappa shape index (κ3) is 5.35. The van der Waals surface area contributed by atoms with Crippen LogP contribution in [0.3, 0.4) is 0 Å². The van der Waals surface area contributed by atoms with Gasteiger partial charge >= 0.3 is 0 Å². The quantitative estimate of drug-likeness (QED) is 0.708. The van der Waals surface area contributed by atoms with Gasteiger partial charge < -0.3 is 10.1 Å². The van der Waals surface area contributed by atoms with Crippen LogP contribution in [0.4, 0.5) is 0 Å². The molecule has 0 aliphatic heterocycles. The minimum Gasteiger partial charge on any atom is -0.497 e. The second-order valence-electron chi connectivity index (χ2n) is 4.66. The molecule has 1 aromatic rings. The summed E-state index contributed by atoms with van der Waals surface area (Å²) in [7, 11) is -2.22. The lowest BCUT2D eigenvalue weighted by Gasteiger charge is -2.14. The van der Waals surface area contributed by atoms with Gasteiger partial charge in [0.15, 0.2) is 0 Å². The van der Waals surface area contributed by atoms with Gasteiger partial charge in [-0.2, -0.15) is 4.72 Å². The minimum atomic E-state index is -3.73. The predicted molar refractivity (Wildman–Crippen MR) is 80.7 cm³/mol. The van der Waals surface area contributed by atoms with Crippen LogP contribution in [0.1, 0.15) is 26.7 Å². The molecule has 21 heavy (non-hydrogen) atoms. The Morgan fingerprint density at radius 3 is 2.43 bits per heavy atom. The van der Waals surface area contributed by atoms with Gasteiger partial charge in [0.25, 0.3) is 0 Å². The Bertz CT molecular complexity index is 555. The number of carbonyl (C=O) groups is 1. The molecule has 0 aromatic heterocycles. The fourth-order valence-electron chi connectivity index (χ4n) is 1.65. The van der Waals surface area contributed by atoms with Crippen molar-refractivity contribution < 1.29 is 17.9 Å². The number of methoxy groups -OCH3 is 1. The van der Waals surface area contributed by atoms with Gasteiger partial charge in [0.2, 0.25) is 15.9 Å². The summed E-state index contributed by atoms with van der Waals surface area (Å²) in [5, 5.41) is 2.69. The molecular weight excluding hydrogens is 292 g/mol. The zero-order valence-corrected chi connectivity index (χ0v) is 13.4. The molecule has 0 saturated heterocycles. The molecule has 0 spiro atoms. The van der Waals surface area contributed by atoms with E-state index in [0.29, 0.717) is 12.3 Å². The first-order valence-electron chi connectivity index (χ1n) is 6.84. The second kappa shape index (κ2) is 7.99. The Morgan fingerprint density at radius 1 is 1.29 bits per heavy atom. The molecule has 6 nitrogen and oxygen atoms in total. The van der Waals surface area contributed by atoms with Crippen LogP contribution in [0.15, 0.2) is 29.2 Å².